The standard InChI is InChI=1S/C27H35FN.C27H36N.2C24H28N/c1-16(2)11-21-15-26-22(24(27(21)28)12-17(3)4)9-10-25(29(26)8)23-14-18(5)13-19(6)20(23)7;1-17(2)11-22-15-23(12-18(3)4)24-9-10-26(28(8)27(24)16-22)25-14-19(5)13-20(6)21(25)7;1-16-14-17(2)18(3)22(15-16)24-13-12-21-20(19-8-5-6-9-19)10-7-11-23(21)25(24)4;1-16-13-17(2)18(3)22(14-16)23-12-11-20-9-10-21(15-24(20)25(23)4)19-7-5-6-8-19/h9-10,13-17H,11-12H2,1-8H3;9-10,13-18H,11-12H2,1-8H3;7,10-15,19H,5-6,8-9H2,1-4H3;9-15,19H,5-8H2,1-4H3/q4*+1/i2*6D3;;2D3. The van der Waals surface area contributed by atoms with Crippen LogP contribution in [-0.4, -0.2) is 0 Å². The molecule has 2 aliphatic rings. The van der Waals surface area contributed by atoms with Crippen molar-refractivity contribution in [1.29, 1.82) is 0 Å². The zero-order valence-electron chi connectivity index (χ0n) is 77.5. The van der Waals surface area contributed by atoms with Crippen LogP contribution in [0.15, 0.2) is 152 Å². The summed E-state index contributed by atoms with van der Waals surface area (Å²) < 4.78 is 95.9. The van der Waals surface area contributed by atoms with E-state index in [-0.39, 0.29) is 5.82 Å². The van der Waals surface area contributed by atoms with Gasteiger partial charge in [0, 0.05) is 105 Å². The second-order valence-electron chi connectivity index (χ2n) is 33.7. The van der Waals surface area contributed by atoms with Crippen molar-refractivity contribution in [2.75, 3.05) is 0 Å². The zero-order valence-corrected chi connectivity index (χ0v) is 68.5. The Kier molecular flexibility index (Phi) is 21.4. The highest BCUT2D eigenvalue weighted by Crippen LogP contribution is 2.40. The van der Waals surface area contributed by atoms with Crippen molar-refractivity contribution in [3.63, 3.8) is 0 Å². The number of halogens is 1. The molecule has 2 fully saturated rings. The zero-order chi connectivity index (χ0) is 84.6. The van der Waals surface area contributed by atoms with Crippen molar-refractivity contribution in [2.24, 2.45) is 51.9 Å². The molecular weight excluding hydrogens is 1300 g/mol. The lowest BCUT2D eigenvalue weighted by molar-refractivity contribution is -0.633. The summed E-state index contributed by atoms with van der Waals surface area (Å²) in [6.07, 6.45) is 14.2. The number of fused-ring (bicyclic) bond motifs is 4. The molecule has 107 heavy (non-hydrogen) atoms. The molecule has 14 rings (SSSR count). The second-order valence-corrected chi connectivity index (χ2v) is 33.7. The van der Waals surface area contributed by atoms with Crippen molar-refractivity contribution in [3.8, 4) is 45.0 Å². The van der Waals surface area contributed by atoms with Crippen molar-refractivity contribution >= 4 is 43.6 Å². The summed E-state index contributed by atoms with van der Waals surface area (Å²) in [6.45, 7) is 29.3. The van der Waals surface area contributed by atoms with Gasteiger partial charge in [0.15, 0.2) is 0 Å². The Morgan fingerprint density at radius 1 is 0.364 bits per heavy atom. The summed E-state index contributed by atoms with van der Waals surface area (Å²) >= 11 is 0. The first-order valence-electron chi connectivity index (χ1n) is 44.4. The number of pyridine rings is 4. The molecule has 0 aliphatic heterocycles. The van der Waals surface area contributed by atoms with Crippen LogP contribution in [0.5, 0.6) is 0 Å². The van der Waals surface area contributed by atoms with E-state index in [1.807, 2.05) is 72.9 Å². The minimum Gasteiger partial charge on any atom is -0.206 e. The molecule has 12 aromatic rings. The predicted molar refractivity (Wildman–Crippen MR) is 456 cm³/mol. The van der Waals surface area contributed by atoms with Crippen molar-refractivity contribution in [3.05, 3.63) is 258 Å². The summed E-state index contributed by atoms with van der Waals surface area (Å²) in [5.74, 6) is 3.22. The fourth-order valence-electron chi connectivity index (χ4n) is 17.4. The third-order valence-electron chi connectivity index (χ3n) is 23.2. The summed E-state index contributed by atoms with van der Waals surface area (Å²) in [7, 11) is 8.40. The molecule has 0 atom stereocenters. The molecule has 8 aromatic carbocycles. The van der Waals surface area contributed by atoms with Crippen LogP contribution >= 0.6 is 0 Å². The number of aromatic nitrogens is 4. The molecule has 0 radical (unpaired) electrons. The van der Waals surface area contributed by atoms with Gasteiger partial charge in [0.2, 0.25) is 44.8 Å². The Bertz CT molecular complexity index is 5650. The van der Waals surface area contributed by atoms with E-state index in [4.69, 9.17) is 12.3 Å². The lowest BCUT2D eigenvalue weighted by atomic mass is 9.91. The third-order valence-corrected chi connectivity index (χ3v) is 23.2. The SMILES string of the molecule is Cc1cc(C)c(C)c(-c2ccc3c(C4CCCC4)cccc3[n+]2C)c1.[2H]C([2H])([2H])c1cc(C)cc(-c2ccc3c(CC(C)C)c(F)c(CC(C)C)cc3[n+]2C)c1C.[2H]C([2H])([2H])c1cc(C)cc(-c2ccc3c(CC(C)C)cc(CC(C)C)cc3[n+]2C)c1C.[2H]C([2H])([2H])c1cc(C)cc(-c2ccc3ccc(C4CCCC4)cc3[n+]2C)c1C. The third kappa shape index (κ3) is 17.6. The summed E-state index contributed by atoms with van der Waals surface area (Å²) in [4.78, 5) is 0. The van der Waals surface area contributed by atoms with Gasteiger partial charge in [-0.05, 0) is 297 Å². The molecule has 4 nitrogen and oxygen atoms in total. The maximum absolute atomic E-state index is 15.5. The van der Waals surface area contributed by atoms with E-state index < -0.39 is 20.6 Å². The fourth-order valence-corrected chi connectivity index (χ4v) is 17.4. The molecule has 4 heterocycles. The van der Waals surface area contributed by atoms with Gasteiger partial charge in [0.1, 0.15) is 34.0 Å². The van der Waals surface area contributed by atoms with Crippen LogP contribution < -0.4 is 18.3 Å². The number of hydrogen-bond acceptors (Lipinski definition) is 0. The van der Waals surface area contributed by atoms with E-state index in [2.05, 4.69) is 225 Å². The normalized spacial score (nSPS) is 15.0. The number of rotatable bonds is 14. The highest BCUT2D eigenvalue weighted by atomic mass is 19.1. The maximum atomic E-state index is 15.5. The Hall–Kier alpha value is -8.67. The molecule has 0 saturated heterocycles. The van der Waals surface area contributed by atoms with E-state index in [1.165, 1.54) is 129 Å². The molecule has 0 amide bonds. The van der Waals surface area contributed by atoms with Gasteiger partial charge in [-0.2, -0.15) is 18.3 Å². The quantitative estimate of drug-likeness (QED) is 0.0965. The van der Waals surface area contributed by atoms with Gasteiger partial charge in [-0.1, -0.05) is 152 Å². The molecule has 0 bridgehead atoms. The van der Waals surface area contributed by atoms with Crippen LogP contribution in [0.4, 0.5) is 4.39 Å². The molecular formula is C102H127FN4+4. The Morgan fingerprint density at radius 3 is 1.25 bits per heavy atom. The van der Waals surface area contributed by atoms with E-state index in [1.54, 1.807) is 23.8 Å². The largest absolute Gasteiger partial charge is 0.213 e. The number of benzene rings is 8. The van der Waals surface area contributed by atoms with Crippen LogP contribution in [0.3, 0.4) is 0 Å². The average molecular weight is 1440 g/mol. The Balaban J connectivity index is 0.000000153. The second kappa shape index (κ2) is 33.9. The molecule has 2 aliphatic carbocycles. The maximum Gasteiger partial charge on any atom is 0.213 e. The highest BCUT2D eigenvalue weighted by Gasteiger charge is 2.28. The minimum atomic E-state index is -2.17. The lowest BCUT2D eigenvalue weighted by Gasteiger charge is -2.16. The van der Waals surface area contributed by atoms with E-state index in [0.717, 1.165) is 108 Å². The molecule has 0 spiro atoms. The van der Waals surface area contributed by atoms with Gasteiger partial charge in [-0.25, -0.2) is 4.39 Å². The monoisotopic (exact) mass is 1440 g/mol. The smallest absolute Gasteiger partial charge is 0.206 e. The molecule has 0 N–H and O–H groups in total. The van der Waals surface area contributed by atoms with E-state index >= 15 is 4.39 Å². The van der Waals surface area contributed by atoms with Crippen molar-refractivity contribution in [2.45, 2.75) is 227 Å². The van der Waals surface area contributed by atoms with Gasteiger partial charge >= 0.3 is 0 Å². The van der Waals surface area contributed by atoms with Crippen molar-refractivity contribution < 1.29 is 35.0 Å². The van der Waals surface area contributed by atoms with E-state index in [9.17, 15) is 0 Å². The minimum absolute atomic E-state index is 0.0796. The lowest BCUT2D eigenvalue weighted by Crippen LogP contribution is -2.33. The van der Waals surface area contributed by atoms with Crippen LogP contribution in [0, 0.1) is 112 Å². The summed E-state index contributed by atoms with van der Waals surface area (Å²) in [6, 6.07) is 53.9. The Labute approximate surface area is 656 Å². The molecule has 5 heteroatoms. The van der Waals surface area contributed by atoms with Crippen LogP contribution in [0.2, 0.25) is 0 Å². The van der Waals surface area contributed by atoms with Gasteiger partial charge in [0.05, 0.1) is 5.39 Å². The molecule has 4 aromatic heterocycles. The van der Waals surface area contributed by atoms with Crippen LogP contribution in [0.25, 0.3) is 88.6 Å². The van der Waals surface area contributed by atoms with Gasteiger partial charge in [-0.15, -0.1) is 0 Å². The number of hydrogen-bond donors (Lipinski definition) is 0. The average Bonchev–Trinajstić information content (AvgIpc) is 0.807. The number of nitrogens with zero attached hydrogens (tertiary/aromatic N) is 4. The summed E-state index contributed by atoms with van der Waals surface area (Å²) in [5, 5.41) is 4.86. The first-order chi connectivity index (χ1) is 54.5. The van der Waals surface area contributed by atoms with Crippen LogP contribution in [-0.2, 0) is 53.9 Å². The van der Waals surface area contributed by atoms with Gasteiger partial charge in [-0.3, -0.25) is 0 Å². The first-order valence-corrected chi connectivity index (χ1v) is 39.9. The fraction of sp³-hybridized carbons (Fsp3) is 0.412. The van der Waals surface area contributed by atoms with Crippen molar-refractivity contribution in [1.82, 2.24) is 0 Å². The number of aryl methyl sites for hydroxylation is 12. The summed E-state index contributed by atoms with van der Waals surface area (Å²) in [5.41, 5.74) is 31.3. The molecule has 2 saturated carbocycles. The van der Waals surface area contributed by atoms with Gasteiger partial charge in [0.25, 0.3) is 0 Å². The topological polar surface area (TPSA) is 15.5 Å². The van der Waals surface area contributed by atoms with Gasteiger partial charge < -0.3 is 0 Å². The molecule has 0 unspecified atom stereocenters. The van der Waals surface area contributed by atoms with E-state index in [0.29, 0.717) is 59.1 Å². The molecule has 558 valence electrons. The first kappa shape index (κ1) is 67.7. The Morgan fingerprint density at radius 2 is 0.766 bits per heavy atom. The van der Waals surface area contributed by atoms with Crippen LogP contribution in [0.1, 0.15) is 231 Å². The predicted octanol–water partition coefficient (Wildman–Crippen LogP) is 25.3. The highest BCUT2D eigenvalue weighted by molar-refractivity contribution is 5.86.